The minimum Gasteiger partial charge on any atom is -0.480 e. The van der Waals surface area contributed by atoms with E-state index in [1.807, 2.05) is 0 Å². The molecule has 0 bridgehead atoms. The molecule has 0 amide bonds. The van der Waals surface area contributed by atoms with Crippen LogP contribution in [0.1, 0.15) is 19.3 Å². The minimum atomic E-state index is -0.915. The first-order valence-electron chi connectivity index (χ1n) is 3.26. The third kappa shape index (κ3) is 5.54. The zero-order valence-corrected chi connectivity index (χ0v) is 9.30. The van der Waals surface area contributed by atoms with Crippen LogP contribution in [0.4, 0.5) is 0 Å². The van der Waals surface area contributed by atoms with Crippen molar-refractivity contribution in [1.82, 2.24) is 0 Å². The number of carbonyl (C=O) groups excluding carboxylic acids is 1. The van der Waals surface area contributed by atoms with Crippen molar-refractivity contribution in [1.29, 1.82) is 0 Å². The molecule has 0 fully saturated rings. The summed E-state index contributed by atoms with van der Waals surface area (Å²) in [5.41, 5.74) is 0. The van der Waals surface area contributed by atoms with Gasteiger partial charge < -0.3 is 8.93 Å². The third-order valence-corrected chi connectivity index (χ3v) is 2.40. The molecule has 0 aliphatic carbocycles. The molecule has 0 saturated heterocycles. The van der Waals surface area contributed by atoms with Gasteiger partial charge in [-0.2, -0.15) is 0 Å². The molecule has 0 heterocycles. The van der Waals surface area contributed by atoms with E-state index in [9.17, 15) is 9.59 Å². The van der Waals surface area contributed by atoms with Gasteiger partial charge in [-0.3, -0.25) is 9.59 Å². The summed E-state index contributed by atoms with van der Waals surface area (Å²) in [6.45, 7) is 0. The van der Waals surface area contributed by atoms with Crippen LogP contribution in [0, 0.1) is 0 Å². The summed E-state index contributed by atoms with van der Waals surface area (Å²) in [4.78, 5) is 20.2. The highest BCUT2D eigenvalue weighted by atomic mass is 79.9. The SMILES string of the molecule is O=C(CCCC(Br)C(=O)O)OBr. The molecule has 0 aromatic rings. The first-order valence-corrected chi connectivity index (χ1v) is 4.82. The van der Waals surface area contributed by atoms with E-state index in [1.165, 1.54) is 0 Å². The largest absolute Gasteiger partial charge is 0.480 e. The summed E-state index contributed by atoms with van der Waals surface area (Å²) in [6, 6.07) is 0. The van der Waals surface area contributed by atoms with Crippen LogP contribution in [-0.4, -0.2) is 21.9 Å². The fraction of sp³-hybridized carbons (Fsp3) is 0.667. The van der Waals surface area contributed by atoms with E-state index in [1.54, 1.807) is 0 Å². The lowest BCUT2D eigenvalue weighted by molar-refractivity contribution is -0.137. The number of rotatable bonds is 5. The van der Waals surface area contributed by atoms with E-state index in [-0.39, 0.29) is 12.4 Å². The number of aliphatic carboxylic acids is 1. The molecular formula is C6H8Br2O4. The van der Waals surface area contributed by atoms with Crippen LogP contribution in [0.25, 0.3) is 0 Å². The summed E-state index contributed by atoms with van der Waals surface area (Å²) in [7, 11) is 0. The van der Waals surface area contributed by atoms with Gasteiger partial charge in [0.15, 0.2) is 16.3 Å². The first-order chi connectivity index (χ1) is 5.57. The maximum Gasteiger partial charge on any atom is 0.317 e. The lowest BCUT2D eigenvalue weighted by Gasteiger charge is -2.01. The predicted octanol–water partition coefficient (Wildman–Crippen LogP) is 1.86. The average molecular weight is 304 g/mol. The summed E-state index contributed by atoms with van der Waals surface area (Å²) in [5.74, 6) is -1.30. The van der Waals surface area contributed by atoms with Gasteiger partial charge in [0.25, 0.3) is 0 Å². The van der Waals surface area contributed by atoms with Gasteiger partial charge in [0.1, 0.15) is 4.83 Å². The van der Waals surface area contributed by atoms with Gasteiger partial charge >= 0.3 is 11.9 Å². The second kappa shape index (κ2) is 6.42. The maximum atomic E-state index is 10.5. The Hall–Kier alpha value is -0.100. The molecule has 0 radical (unpaired) electrons. The molecule has 1 unspecified atom stereocenters. The second-order valence-corrected chi connectivity index (χ2v) is 3.58. The summed E-state index contributed by atoms with van der Waals surface area (Å²) in [5, 5.41) is 8.43. The Morgan fingerprint density at radius 3 is 2.50 bits per heavy atom. The highest BCUT2D eigenvalue weighted by molar-refractivity contribution is 9.10. The normalized spacial score (nSPS) is 12.2. The highest BCUT2D eigenvalue weighted by Crippen LogP contribution is 2.10. The molecule has 0 saturated carbocycles. The monoisotopic (exact) mass is 302 g/mol. The molecule has 6 heteroatoms. The lowest BCUT2D eigenvalue weighted by atomic mass is 10.2. The molecule has 1 atom stereocenters. The fourth-order valence-corrected chi connectivity index (χ4v) is 1.07. The van der Waals surface area contributed by atoms with E-state index < -0.39 is 10.8 Å². The van der Waals surface area contributed by atoms with Gasteiger partial charge in [-0.15, -0.1) is 0 Å². The van der Waals surface area contributed by atoms with E-state index in [4.69, 9.17) is 5.11 Å². The van der Waals surface area contributed by atoms with E-state index in [2.05, 4.69) is 36.0 Å². The molecule has 0 rings (SSSR count). The standard InChI is InChI=1S/C6H8Br2O4/c7-4(6(10)11)2-1-3-5(9)12-8/h4H,1-3H2,(H,10,11). The maximum absolute atomic E-state index is 10.5. The Morgan fingerprint density at radius 2 is 2.08 bits per heavy atom. The molecular weight excluding hydrogens is 296 g/mol. The van der Waals surface area contributed by atoms with Gasteiger partial charge in [0.2, 0.25) is 0 Å². The Balaban J connectivity index is 3.43. The molecule has 0 aromatic carbocycles. The minimum absolute atomic E-state index is 0.223. The quantitative estimate of drug-likeness (QED) is 0.787. The van der Waals surface area contributed by atoms with Crippen LogP contribution < -0.4 is 0 Å². The van der Waals surface area contributed by atoms with Crippen molar-refractivity contribution >= 4 is 44.1 Å². The van der Waals surface area contributed by atoms with Crippen molar-refractivity contribution in [3.8, 4) is 0 Å². The number of carboxylic acid groups (broad SMARTS) is 1. The van der Waals surface area contributed by atoms with Crippen molar-refractivity contribution in [3.05, 3.63) is 0 Å². The zero-order valence-electron chi connectivity index (χ0n) is 6.13. The van der Waals surface area contributed by atoms with Crippen molar-refractivity contribution < 1.29 is 18.5 Å². The number of halogens is 2. The molecule has 0 aromatic heterocycles. The van der Waals surface area contributed by atoms with Crippen molar-refractivity contribution in [2.45, 2.75) is 24.1 Å². The van der Waals surface area contributed by atoms with E-state index in [0.29, 0.717) is 12.8 Å². The van der Waals surface area contributed by atoms with Gasteiger partial charge in [0, 0.05) is 6.42 Å². The Morgan fingerprint density at radius 1 is 1.50 bits per heavy atom. The van der Waals surface area contributed by atoms with Gasteiger partial charge in [-0.1, -0.05) is 15.9 Å². The Kier molecular flexibility index (Phi) is 6.37. The van der Waals surface area contributed by atoms with Gasteiger partial charge in [0.05, 0.1) is 0 Å². The van der Waals surface area contributed by atoms with Crippen LogP contribution in [0.5, 0.6) is 0 Å². The topological polar surface area (TPSA) is 63.6 Å². The summed E-state index contributed by atoms with van der Waals surface area (Å²) in [6.07, 6.45) is 1.13. The van der Waals surface area contributed by atoms with Gasteiger partial charge in [-0.25, -0.2) is 0 Å². The van der Waals surface area contributed by atoms with Gasteiger partial charge in [-0.05, 0) is 12.8 Å². The van der Waals surface area contributed by atoms with Crippen LogP contribution in [0.3, 0.4) is 0 Å². The highest BCUT2D eigenvalue weighted by Gasteiger charge is 2.13. The molecule has 0 aliphatic rings. The number of hydrogen-bond acceptors (Lipinski definition) is 3. The van der Waals surface area contributed by atoms with Crippen molar-refractivity contribution in [3.63, 3.8) is 0 Å². The van der Waals surface area contributed by atoms with Crippen LogP contribution in [0.15, 0.2) is 0 Å². The smallest absolute Gasteiger partial charge is 0.317 e. The molecule has 1 N–H and O–H groups in total. The van der Waals surface area contributed by atoms with E-state index in [0.717, 1.165) is 0 Å². The Bertz CT molecular complexity index is 171. The molecule has 4 nitrogen and oxygen atoms in total. The predicted molar refractivity (Wildman–Crippen MR) is 49.2 cm³/mol. The van der Waals surface area contributed by atoms with Crippen LogP contribution in [0.2, 0.25) is 0 Å². The molecule has 0 spiro atoms. The Labute approximate surface area is 86.9 Å². The molecule has 12 heavy (non-hydrogen) atoms. The number of carboxylic acids is 1. The van der Waals surface area contributed by atoms with Crippen LogP contribution >= 0.6 is 32.2 Å². The number of hydrogen-bond donors (Lipinski definition) is 1. The zero-order chi connectivity index (χ0) is 9.56. The summed E-state index contributed by atoms with van der Waals surface area (Å²) >= 11 is 5.48. The lowest BCUT2D eigenvalue weighted by Crippen LogP contribution is -2.12. The first kappa shape index (κ1) is 11.9. The van der Waals surface area contributed by atoms with Crippen LogP contribution in [-0.2, 0) is 13.4 Å². The van der Waals surface area contributed by atoms with Crippen molar-refractivity contribution in [2.75, 3.05) is 0 Å². The molecule has 0 aliphatic heterocycles. The third-order valence-electron chi connectivity index (χ3n) is 1.19. The fourth-order valence-electron chi connectivity index (χ4n) is 0.588. The second-order valence-electron chi connectivity index (χ2n) is 2.15. The number of carbonyl (C=O) groups is 2. The number of alkyl halides is 1. The summed E-state index contributed by atoms with van der Waals surface area (Å²) < 4.78 is 4.20. The van der Waals surface area contributed by atoms with E-state index >= 15 is 0 Å². The molecule has 70 valence electrons. The van der Waals surface area contributed by atoms with Crippen molar-refractivity contribution in [2.24, 2.45) is 0 Å². The average Bonchev–Trinajstić information content (AvgIpc) is 2.03.